The van der Waals surface area contributed by atoms with Crippen molar-refractivity contribution in [1.82, 2.24) is 4.98 Å². The van der Waals surface area contributed by atoms with Crippen LogP contribution in [0.4, 0.5) is 5.82 Å². The molecule has 1 aromatic rings. The molecule has 100 valence electrons. The zero-order valence-electron chi connectivity index (χ0n) is 11.3. The molecule has 0 saturated heterocycles. The average molecular weight is 268 g/mol. The fraction of sp³-hybridized carbons (Fsp3) is 0.538. The number of carbonyl (C=O) groups is 1. The second-order valence-corrected chi connectivity index (χ2v) is 5.98. The summed E-state index contributed by atoms with van der Waals surface area (Å²) in [6, 6.07) is 3.52. The summed E-state index contributed by atoms with van der Waals surface area (Å²) in [4.78, 5) is 15.6. The van der Waals surface area contributed by atoms with Gasteiger partial charge in [0.1, 0.15) is 5.82 Å². The van der Waals surface area contributed by atoms with Gasteiger partial charge < -0.3 is 10.1 Å². The number of ether oxygens (including phenoxy) is 1. The van der Waals surface area contributed by atoms with Crippen LogP contribution in [-0.4, -0.2) is 35.1 Å². The highest BCUT2D eigenvalue weighted by molar-refractivity contribution is 7.99. The van der Waals surface area contributed by atoms with Gasteiger partial charge >= 0.3 is 5.97 Å². The lowest BCUT2D eigenvalue weighted by Crippen LogP contribution is -2.26. The average Bonchev–Trinajstić information content (AvgIpc) is 2.37. The molecule has 1 rings (SSSR count). The van der Waals surface area contributed by atoms with Crippen LogP contribution in [-0.2, 0) is 4.74 Å². The number of carbonyl (C=O) groups excluding carboxylic acids is 1. The number of pyridine rings is 1. The fourth-order valence-electron chi connectivity index (χ4n) is 1.21. The van der Waals surface area contributed by atoms with E-state index >= 15 is 0 Å². The summed E-state index contributed by atoms with van der Waals surface area (Å²) in [6.45, 7) is 7.31. The minimum atomic E-state index is -0.332. The summed E-state index contributed by atoms with van der Waals surface area (Å²) in [5, 5.41) is 3.25. The largest absolute Gasteiger partial charge is 0.462 e. The van der Waals surface area contributed by atoms with Crippen molar-refractivity contribution in [2.45, 2.75) is 25.5 Å². The van der Waals surface area contributed by atoms with E-state index in [4.69, 9.17) is 4.74 Å². The number of hydrogen-bond donors (Lipinski definition) is 1. The summed E-state index contributed by atoms with van der Waals surface area (Å²) in [6.07, 6.45) is 3.62. The van der Waals surface area contributed by atoms with Gasteiger partial charge in [0.15, 0.2) is 0 Å². The lowest BCUT2D eigenvalue weighted by atomic mass is 10.2. The second kappa shape index (κ2) is 6.64. The van der Waals surface area contributed by atoms with Gasteiger partial charge in [-0.3, -0.25) is 0 Å². The van der Waals surface area contributed by atoms with Crippen molar-refractivity contribution in [2.75, 3.05) is 24.7 Å². The predicted molar refractivity (Wildman–Crippen MR) is 76.3 cm³/mol. The summed E-state index contributed by atoms with van der Waals surface area (Å²) in [7, 11) is 0. The summed E-state index contributed by atoms with van der Waals surface area (Å²) >= 11 is 1.80. The minimum absolute atomic E-state index is 0.154. The molecule has 1 N–H and O–H groups in total. The van der Waals surface area contributed by atoms with Gasteiger partial charge in [-0.2, -0.15) is 11.8 Å². The Bertz CT molecular complexity index is 390. The lowest BCUT2D eigenvalue weighted by molar-refractivity contribution is 0.0526. The Balaban J connectivity index is 2.58. The van der Waals surface area contributed by atoms with E-state index in [9.17, 15) is 4.79 Å². The Morgan fingerprint density at radius 1 is 1.50 bits per heavy atom. The van der Waals surface area contributed by atoms with Crippen LogP contribution in [0, 0.1) is 0 Å². The molecule has 1 heterocycles. The molecule has 0 aliphatic carbocycles. The Morgan fingerprint density at radius 2 is 2.22 bits per heavy atom. The van der Waals surface area contributed by atoms with Crippen LogP contribution < -0.4 is 5.32 Å². The Hall–Kier alpha value is -1.23. The summed E-state index contributed by atoms with van der Waals surface area (Å²) in [5.41, 5.74) is 0.478. The van der Waals surface area contributed by atoms with Crippen molar-refractivity contribution < 1.29 is 9.53 Å². The molecule has 0 fully saturated rings. The zero-order valence-corrected chi connectivity index (χ0v) is 12.1. The first-order chi connectivity index (χ1) is 8.48. The van der Waals surface area contributed by atoms with E-state index < -0.39 is 0 Å². The van der Waals surface area contributed by atoms with Gasteiger partial charge in [-0.1, -0.05) is 0 Å². The van der Waals surface area contributed by atoms with Crippen LogP contribution in [0.15, 0.2) is 18.3 Å². The van der Waals surface area contributed by atoms with E-state index in [-0.39, 0.29) is 10.7 Å². The molecule has 5 heteroatoms. The number of anilines is 1. The van der Waals surface area contributed by atoms with Crippen LogP contribution in [0.3, 0.4) is 0 Å². The smallest absolute Gasteiger partial charge is 0.339 e. The molecule has 0 unspecified atom stereocenters. The number of nitrogens with one attached hydrogen (secondary N) is 1. The molecular weight excluding hydrogens is 248 g/mol. The maximum atomic E-state index is 11.4. The monoisotopic (exact) mass is 268 g/mol. The van der Waals surface area contributed by atoms with Crippen molar-refractivity contribution in [3.63, 3.8) is 0 Å². The highest BCUT2D eigenvalue weighted by Crippen LogP contribution is 2.21. The van der Waals surface area contributed by atoms with Crippen molar-refractivity contribution in [2.24, 2.45) is 0 Å². The van der Waals surface area contributed by atoms with Crippen LogP contribution in [0.1, 0.15) is 31.1 Å². The van der Waals surface area contributed by atoms with E-state index in [0.717, 1.165) is 12.4 Å². The van der Waals surface area contributed by atoms with Gasteiger partial charge in [0.2, 0.25) is 0 Å². The van der Waals surface area contributed by atoms with E-state index in [1.807, 2.05) is 0 Å². The van der Waals surface area contributed by atoms with Crippen LogP contribution >= 0.6 is 11.8 Å². The first-order valence-electron chi connectivity index (χ1n) is 5.90. The molecule has 0 bridgehead atoms. The van der Waals surface area contributed by atoms with E-state index in [1.54, 1.807) is 30.8 Å². The molecule has 4 nitrogen and oxygen atoms in total. The standard InChI is InChI=1S/C13H20N2O2S/c1-5-17-12(16)10-6-7-11(14-8-10)15-9-13(2,3)18-4/h6-8H,5,9H2,1-4H3,(H,14,15). The number of thioether (sulfide) groups is 1. The molecule has 0 aliphatic rings. The van der Waals surface area contributed by atoms with Crippen molar-refractivity contribution >= 4 is 23.5 Å². The number of nitrogens with zero attached hydrogens (tertiary/aromatic N) is 1. The van der Waals surface area contributed by atoms with Gasteiger partial charge in [0.05, 0.1) is 12.2 Å². The van der Waals surface area contributed by atoms with E-state index in [1.165, 1.54) is 6.20 Å². The zero-order chi connectivity index (χ0) is 13.6. The Kier molecular flexibility index (Phi) is 5.47. The van der Waals surface area contributed by atoms with Crippen molar-refractivity contribution in [1.29, 1.82) is 0 Å². The third-order valence-corrected chi connectivity index (χ3v) is 3.77. The topological polar surface area (TPSA) is 51.2 Å². The highest BCUT2D eigenvalue weighted by Gasteiger charge is 2.15. The molecule has 0 spiro atoms. The maximum absolute atomic E-state index is 11.4. The molecule has 0 aliphatic heterocycles. The minimum Gasteiger partial charge on any atom is -0.462 e. The Morgan fingerprint density at radius 3 is 2.72 bits per heavy atom. The summed E-state index contributed by atoms with van der Waals surface area (Å²) < 4.78 is 5.05. The number of hydrogen-bond acceptors (Lipinski definition) is 5. The van der Waals surface area contributed by atoms with Gasteiger partial charge in [-0.25, -0.2) is 9.78 Å². The fourth-order valence-corrected chi connectivity index (χ4v) is 1.43. The van der Waals surface area contributed by atoms with Crippen molar-refractivity contribution in [3.05, 3.63) is 23.9 Å². The first-order valence-corrected chi connectivity index (χ1v) is 7.13. The normalized spacial score (nSPS) is 11.1. The molecular formula is C13H20N2O2S. The molecule has 18 heavy (non-hydrogen) atoms. The van der Waals surface area contributed by atoms with Gasteiger partial charge in [-0.15, -0.1) is 0 Å². The maximum Gasteiger partial charge on any atom is 0.339 e. The molecule has 0 atom stereocenters. The molecule has 0 amide bonds. The van der Waals surface area contributed by atoms with Gasteiger partial charge in [-0.05, 0) is 39.2 Å². The van der Waals surface area contributed by atoms with E-state index in [0.29, 0.717) is 12.2 Å². The Labute approximate surface area is 113 Å². The molecule has 0 saturated carbocycles. The molecule has 0 aromatic carbocycles. The second-order valence-electron chi connectivity index (χ2n) is 4.47. The predicted octanol–water partition coefficient (Wildman–Crippen LogP) is 2.81. The molecule has 1 aromatic heterocycles. The third kappa shape index (κ3) is 4.56. The van der Waals surface area contributed by atoms with Crippen LogP contribution in [0.2, 0.25) is 0 Å². The third-order valence-electron chi connectivity index (χ3n) is 2.52. The lowest BCUT2D eigenvalue weighted by Gasteiger charge is -2.22. The number of esters is 1. The van der Waals surface area contributed by atoms with Gasteiger partial charge in [0, 0.05) is 17.5 Å². The van der Waals surface area contributed by atoms with Gasteiger partial charge in [0.25, 0.3) is 0 Å². The van der Waals surface area contributed by atoms with Crippen molar-refractivity contribution in [3.8, 4) is 0 Å². The molecule has 0 radical (unpaired) electrons. The number of aromatic nitrogens is 1. The van der Waals surface area contributed by atoms with Crippen LogP contribution in [0.25, 0.3) is 0 Å². The number of rotatable bonds is 6. The van der Waals surface area contributed by atoms with Crippen LogP contribution in [0.5, 0.6) is 0 Å². The quantitative estimate of drug-likeness (QED) is 0.804. The first kappa shape index (κ1) is 14.8. The van der Waals surface area contributed by atoms with E-state index in [2.05, 4.69) is 30.4 Å². The summed E-state index contributed by atoms with van der Waals surface area (Å²) in [5.74, 6) is 0.436. The highest BCUT2D eigenvalue weighted by atomic mass is 32.2. The SMILES string of the molecule is CCOC(=O)c1ccc(NCC(C)(C)SC)nc1.